The first-order valence-corrected chi connectivity index (χ1v) is 10.7. The fraction of sp³-hybridized carbons (Fsp3) is 0.600. The highest BCUT2D eigenvalue weighted by atomic mass is 35.5. The van der Waals surface area contributed by atoms with E-state index in [4.69, 9.17) is 23.2 Å². The fourth-order valence-corrected chi connectivity index (χ4v) is 4.08. The fourth-order valence-electron chi connectivity index (χ4n) is 3.74. The van der Waals surface area contributed by atoms with Gasteiger partial charge in [0.25, 0.3) is 0 Å². The number of likely N-dealkylation sites (tertiary alicyclic amines) is 1. The Balaban J connectivity index is 1.46. The number of anilines is 1. The monoisotopic (exact) mass is 426 g/mol. The van der Waals surface area contributed by atoms with Crippen molar-refractivity contribution in [2.45, 2.75) is 32.2 Å². The van der Waals surface area contributed by atoms with Crippen molar-refractivity contribution in [1.82, 2.24) is 14.7 Å². The van der Waals surface area contributed by atoms with Crippen molar-refractivity contribution >= 4 is 40.7 Å². The topological polar surface area (TPSA) is 55.9 Å². The van der Waals surface area contributed by atoms with Crippen molar-refractivity contribution in [2.24, 2.45) is 0 Å². The first kappa shape index (κ1) is 21.4. The van der Waals surface area contributed by atoms with Crippen molar-refractivity contribution in [3.8, 4) is 0 Å². The second-order valence-corrected chi connectivity index (χ2v) is 8.39. The van der Waals surface area contributed by atoms with Crippen LogP contribution in [0.3, 0.4) is 0 Å². The summed E-state index contributed by atoms with van der Waals surface area (Å²) >= 11 is 12.1. The van der Waals surface area contributed by atoms with Gasteiger partial charge in [0.15, 0.2) is 0 Å². The van der Waals surface area contributed by atoms with Gasteiger partial charge >= 0.3 is 0 Å². The Morgan fingerprint density at radius 2 is 1.71 bits per heavy atom. The Kier molecular flexibility index (Phi) is 7.57. The van der Waals surface area contributed by atoms with E-state index in [1.54, 1.807) is 18.2 Å². The third-order valence-electron chi connectivity index (χ3n) is 5.59. The molecule has 2 saturated heterocycles. The molecule has 0 aliphatic carbocycles. The van der Waals surface area contributed by atoms with Crippen LogP contribution in [-0.4, -0.2) is 78.4 Å². The highest BCUT2D eigenvalue weighted by Gasteiger charge is 2.27. The van der Waals surface area contributed by atoms with Crippen LogP contribution in [0.25, 0.3) is 0 Å². The quantitative estimate of drug-likeness (QED) is 0.785. The van der Waals surface area contributed by atoms with Gasteiger partial charge in [-0.1, -0.05) is 23.2 Å². The predicted molar refractivity (Wildman–Crippen MR) is 113 cm³/mol. The number of amides is 2. The second-order valence-electron chi connectivity index (χ2n) is 7.54. The maximum Gasteiger partial charge on any atom is 0.241 e. The highest BCUT2D eigenvalue weighted by molar-refractivity contribution is 6.35. The molecule has 0 bridgehead atoms. The summed E-state index contributed by atoms with van der Waals surface area (Å²) in [5.74, 6) is 0.122. The van der Waals surface area contributed by atoms with Gasteiger partial charge in [-0.05, 0) is 44.4 Å². The SMILES string of the molecule is CC(C(=O)Nc1cc(Cl)ccc1Cl)N1CCN(CC(=O)N2CCCCC2)CC1. The Labute approximate surface area is 176 Å². The van der Waals surface area contributed by atoms with E-state index in [1.807, 2.05) is 11.8 Å². The smallest absolute Gasteiger partial charge is 0.241 e. The molecule has 0 radical (unpaired) electrons. The molecule has 0 aromatic heterocycles. The van der Waals surface area contributed by atoms with Crippen molar-refractivity contribution in [2.75, 3.05) is 51.1 Å². The highest BCUT2D eigenvalue weighted by Crippen LogP contribution is 2.25. The minimum atomic E-state index is -0.282. The minimum absolute atomic E-state index is 0.109. The zero-order valence-electron chi connectivity index (χ0n) is 16.3. The van der Waals surface area contributed by atoms with E-state index in [9.17, 15) is 9.59 Å². The average molecular weight is 427 g/mol. The zero-order chi connectivity index (χ0) is 20.1. The maximum atomic E-state index is 12.6. The molecule has 8 heteroatoms. The lowest BCUT2D eigenvalue weighted by Gasteiger charge is -2.38. The largest absolute Gasteiger partial charge is 0.342 e. The lowest BCUT2D eigenvalue weighted by molar-refractivity contribution is -0.134. The third kappa shape index (κ3) is 5.60. The van der Waals surface area contributed by atoms with Crippen LogP contribution in [0.15, 0.2) is 18.2 Å². The number of halogens is 2. The van der Waals surface area contributed by atoms with E-state index < -0.39 is 0 Å². The Morgan fingerprint density at radius 3 is 2.39 bits per heavy atom. The number of benzene rings is 1. The summed E-state index contributed by atoms with van der Waals surface area (Å²) in [6, 6.07) is 4.73. The van der Waals surface area contributed by atoms with Crippen molar-refractivity contribution < 1.29 is 9.59 Å². The number of nitrogens with zero attached hydrogens (tertiary/aromatic N) is 3. The molecule has 1 aromatic carbocycles. The summed E-state index contributed by atoms with van der Waals surface area (Å²) in [6.45, 7) is 7.24. The molecule has 154 valence electrons. The van der Waals surface area contributed by atoms with Crippen LogP contribution in [0.5, 0.6) is 0 Å². The number of hydrogen-bond donors (Lipinski definition) is 1. The molecular formula is C20H28Cl2N4O2. The molecule has 6 nitrogen and oxygen atoms in total. The van der Waals surface area contributed by atoms with Gasteiger partial charge in [0.1, 0.15) is 0 Å². The lowest BCUT2D eigenvalue weighted by atomic mass is 10.1. The van der Waals surface area contributed by atoms with E-state index in [2.05, 4.69) is 15.1 Å². The van der Waals surface area contributed by atoms with E-state index >= 15 is 0 Å². The molecule has 1 unspecified atom stereocenters. The van der Waals surface area contributed by atoms with Crippen molar-refractivity contribution in [3.63, 3.8) is 0 Å². The zero-order valence-corrected chi connectivity index (χ0v) is 17.8. The molecular weight excluding hydrogens is 399 g/mol. The summed E-state index contributed by atoms with van der Waals surface area (Å²) < 4.78 is 0. The van der Waals surface area contributed by atoms with Crippen LogP contribution in [0.1, 0.15) is 26.2 Å². The van der Waals surface area contributed by atoms with Crippen LogP contribution in [-0.2, 0) is 9.59 Å². The second kappa shape index (κ2) is 9.92. The molecule has 1 aromatic rings. The molecule has 2 heterocycles. The molecule has 2 aliphatic heterocycles. The first-order valence-electron chi connectivity index (χ1n) is 9.94. The van der Waals surface area contributed by atoms with Crippen molar-refractivity contribution in [3.05, 3.63) is 28.2 Å². The molecule has 3 rings (SSSR count). The molecule has 1 atom stereocenters. The van der Waals surface area contributed by atoms with Crippen LogP contribution >= 0.6 is 23.2 Å². The number of hydrogen-bond acceptors (Lipinski definition) is 4. The van der Waals surface area contributed by atoms with Gasteiger partial charge in [-0.15, -0.1) is 0 Å². The minimum Gasteiger partial charge on any atom is -0.342 e. The van der Waals surface area contributed by atoms with Gasteiger partial charge in [-0.25, -0.2) is 0 Å². The number of carbonyl (C=O) groups excluding carboxylic acids is 2. The summed E-state index contributed by atoms with van der Waals surface area (Å²) in [4.78, 5) is 31.4. The Hall–Kier alpha value is -1.34. The van der Waals surface area contributed by atoms with Gasteiger partial charge in [-0.3, -0.25) is 19.4 Å². The van der Waals surface area contributed by atoms with Gasteiger partial charge < -0.3 is 10.2 Å². The summed E-state index contributed by atoms with van der Waals surface area (Å²) in [7, 11) is 0. The third-order valence-corrected chi connectivity index (χ3v) is 6.15. The summed E-state index contributed by atoms with van der Waals surface area (Å²) in [5, 5.41) is 3.85. The molecule has 0 spiro atoms. The van der Waals surface area contributed by atoms with Crippen LogP contribution in [0.4, 0.5) is 5.69 Å². The molecule has 28 heavy (non-hydrogen) atoms. The summed E-state index contributed by atoms with van der Waals surface area (Å²) in [5.41, 5.74) is 0.525. The Bertz CT molecular complexity index is 701. The molecule has 1 N–H and O–H groups in total. The molecule has 2 aliphatic rings. The number of nitrogens with one attached hydrogen (secondary N) is 1. The standard InChI is InChI=1S/C20H28Cl2N4O2/c1-15(20(28)23-18-13-16(21)5-6-17(18)22)25-11-9-24(10-12-25)14-19(27)26-7-3-2-4-8-26/h5-6,13,15H,2-4,7-12,14H2,1H3,(H,23,28). The van der Waals surface area contributed by atoms with Gasteiger partial charge in [0.05, 0.1) is 23.3 Å². The molecule has 2 amide bonds. The predicted octanol–water partition coefficient (Wildman–Crippen LogP) is 2.95. The van der Waals surface area contributed by atoms with Gasteiger partial charge in [-0.2, -0.15) is 0 Å². The summed E-state index contributed by atoms with van der Waals surface area (Å²) in [6.07, 6.45) is 3.45. The van der Waals surface area contributed by atoms with Crippen molar-refractivity contribution in [1.29, 1.82) is 0 Å². The van der Waals surface area contributed by atoms with E-state index in [0.717, 1.165) is 52.1 Å². The lowest BCUT2D eigenvalue weighted by Crippen LogP contribution is -2.54. The van der Waals surface area contributed by atoms with Crippen LogP contribution < -0.4 is 5.32 Å². The van der Waals surface area contributed by atoms with E-state index in [-0.39, 0.29) is 17.9 Å². The van der Waals surface area contributed by atoms with Crippen LogP contribution in [0.2, 0.25) is 10.0 Å². The number of piperidine rings is 1. The first-order chi connectivity index (χ1) is 13.4. The van der Waals surface area contributed by atoms with Gasteiger partial charge in [0.2, 0.25) is 11.8 Å². The number of rotatable bonds is 5. The number of carbonyl (C=O) groups is 2. The Morgan fingerprint density at radius 1 is 1.04 bits per heavy atom. The molecule has 0 saturated carbocycles. The normalized spacial score (nSPS) is 20.0. The van der Waals surface area contributed by atoms with Crippen LogP contribution in [0, 0.1) is 0 Å². The van der Waals surface area contributed by atoms with Gasteiger partial charge in [0, 0.05) is 44.3 Å². The van der Waals surface area contributed by atoms with E-state index in [0.29, 0.717) is 22.3 Å². The average Bonchev–Trinajstić information content (AvgIpc) is 2.71. The maximum absolute atomic E-state index is 12.6. The molecule has 2 fully saturated rings. The van der Waals surface area contributed by atoms with E-state index in [1.165, 1.54) is 6.42 Å². The number of piperazine rings is 1.